The minimum Gasteiger partial charge on any atom is -0.424 e. The molecule has 1 unspecified atom stereocenters. The van der Waals surface area contributed by atoms with Crippen LogP contribution in [-0.4, -0.2) is 22.2 Å². The van der Waals surface area contributed by atoms with E-state index >= 15 is 0 Å². The second kappa shape index (κ2) is 5.42. The summed E-state index contributed by atoms with van der Waals surface area (Å²) >= 11 is 0. The van der Waals surface area contributed by atoms with Crippen molar-refractivity contribution in [1.29, 1.82) is 0 Å². The zero-order chi connectivity index (χ0) is 13.0. The van der Waals surface area contributed by atoms with Crippen molar-refractivity contribution in [2.24, 2.45) is 0 Å². The lowest BCUT2D eigenvalue weighted by Gasteiger charge is -2.10. The van der Waals surface area contributed by atoms with Crippen LogP contribution in [0.5, 0.6) is 5.75 Å². The van der Waals surface area contributed by atoms with E-state index in [1.807, 2.05) is 24.3 Å². The predicted molar refractivity (Wildman–Crippen MR) is 67.0 cm³/mol. The third kappa shape index (κ3) is 2.73. The Kier molecular flexibility index (Phi) is 3.69. The quantitative estimate of drug-likeness (QED) is 0.662. The third-order valence-corrected chi connectivity index (χ3v) is 2.43. The average molecular weight is 243 g/mol. The minimum atomic E-state index is -1.14. The lowest BCUT2D eigenvalue weighted by Crippen LogP contribution is -2.22. The number of carbonyl (C=O) groups excluding carboxylic acids is 1. The van der Waals surface area contributed by atoms with Gasteiger partial charge in [-0.15, -0.1) is 0 Å². The summed E-state index contributed by atoms with van der Waals surface area (Å²) in [6.07, 6.45) is 2.20. The lowest BCUT2D eigenvalue weighted by molar-refractivity contribution is -0.142. The first-order chi connectivity index (χ1) is 8.68. The van der Waals surface area contributed by atoms with Crippen molar-refractivity contribution in [3.05, 3.63) is 48.8 Å². The molecule has 0 spiro atoms. The number of ether oxygens (including phenoxy) is 1. The van der Waals surface area contributed by atoms with Crippen LogP contribution < -0.4 is 4.74 Å². The van der Waals surface area contributed by atoms with Crippen molar-refractivity contribution in [2.75, 3.05) is 0 Å². The molecule has 4 heteroatoms. The number of aliphatic hydroxyl groups excluding tert-OH is 1. The van der Waals surface area contributed by atoms with E-state index in [1.54, 1.807) is 24.5 Å². The molecule has 1 aromatic carbocycles. The molecular formula is C14H13NO3. The van der Waals surface area contributed by atoms with Crippen molar-refractivity contribution in [3.63, 3.8) is 0 Å². The molecule has 2 aromatic rings. The molecule has 1 heterocycles. The number of aromatic nitrogens is 1. The van der Waals surface area contributed by atoms with Crippen molar-refractivity contribution >= 4 is 5.97 Å². The van der Waals surface area contributed by atoms with Crippen LogP contribution in [0.15, 0.2) is 48.8 Å². The Bertz CT molecular complexity index is 538. The fourth-order valence-electron chi connectivity index (χ4n) is 1.52. The number of hydrogen-bond acceptors (Lipinski definition) is 4. The zero-order valence-electron chi connectivity index (χ0n) is 9.91. The van der Waals surface area contributed by atoms with Crippen LogP contribution in [0, 0.1) is 0 Å². The van der Waals surface area contributed by atoms with E-state index in [0.29, 0.717) is 5.75 Å². The van der Waals surface area contributed by atoms with E-state index in [1.165, 1.54) is 6.92 Å². The summed E-state index contributed by atoms with van der Waals surface area (Å²) in [6.45, 7) is 1.37. The second-order valence-electron chi connectivity index (χ2n) is 3.83. The highest BCUT2D eigenvalue weighted by atomic mass is 16.5. The molecule has 0 saturated heterocycles. The Labute approximate surface area is 105 Å². The van der Waals surface area contributed by atoms with Crippen molar-refractivity contribution in [3.8, 4) is 16.9 Å². The Morgan fingerprint density at radius 2 is 1.89 bits per heavy atom. The van der Waals surface area contributed by atoms with Crippen LogP contribution >= 0.6 is 0 Å². The van der Waals surface area contributed by atoms with Crippen LogP contribution in [0.4, 0.5) is 0 Å². The Morgan fingerprint density at radius 3 is 2.56 bits per heavy atom. The van der Waals surface area contributed by atoms with E-state index in [4.69, 9.17) is 9.84 Å². The first kappa shape index (κ1) is 12.3. The van der Waals surface area contributed by atoms with Gasteiger partial charge in [-0.05, 0) is 30.7 Å². The van der Waals surface area contributed by atoms with Crippen LogP contribution in [0.1, 0.15) is 6.92 Å². The standard InChI is InChI=1S/C14H13NO3/c1-10(16)14(17)18-13-5-3-2-4-12(13)11-6-8-15-9-7-11/h2-10,16H,1H3. The molecule has 0 aliphatic heterocycles. The highest BCUT2D eigenvalue weighted by Crippen LogP contribution is 2.29. The van der Waals surface area contributed by atoms with Gasteiger partial charge in [-0.3, -0.25) is 4.98 Å². The fraction of sp³-hybridized carbons (Fsp3) is 0.143. The topological polar surface area (TPSA) is 59.4 Å². The highest BCUT2D eigenvalue weighted by molar-refractivity contribution is 5.80. The van der Waals surface area contributed by atoms with Crippen molar-refractivity contribution < 1.29 is 14.6 Å². The molecule has 0 bridgehead atoms. The fourth-order valence-corrected chi connectivity index (χ4v) is 1.52. The molecule has 1 N–H and O–H groups in total. The van der Waals surface area contributed by atoms with Crippen molar-refractivity contribution in [1.82, 2.24) is 4.98 Å². The number of pyridine rings is 1. The van der Waals surface area contributed by atoms with Gasteiger partial charge in [0.1, 0.15) is 11.9 Å². The Balaban J connectivity index is 2.35. The molecule has 1 aromatic heterocycles. The number of hydrogen-bond donors (Lipinski definition) is 1. The average Bonchev–Trinajstić information content (AvgIpc) is 2.40. The summed E-state index contributed by atoms with van der Waals surface area (Å²) in [6, 6.07) is 10.8. The number of rotatable bonds is 3. The van der Waals surface area contributed by atoms with Gasteiger partial charge < -0.3 is 9.84 Å². The van der Waals surface area contributed by atoms with Gasteiger partial charge in [0.25, 0.3) is 0 Å². The summed E-state index contributed by atoms with van der Waals surface area (Å²) < 4.78 is 5.15. The van der Waals surface area contributed by atoms with E-state index in [9.17, 15) is 4.79 Å². The molecule has 18 heavy (non-hydrogen) atoms. The monoisotopic (exact) mass is 243 g/mol. The van der Waals surface area contributed by atoms with Crippen LogP contribution in [0.3, 0.4) is 0 Å². The van der Waals surface area contributed by atoms with Crippen LogP contribution in [-0.2, 0) is 4.79 Å². The van der Waals surface area contributed by atoms with E-state index in [0.717, 1.165) is 11.1 Å². The maximum atomic E-state index is 11.4. The molecule has 0 aliphatic carbocycles. The summed E-state index contributed by atoms with van der Waals surface area (Å²) in [5, 5.41) is 9.16. The maximum Gasteiger partial charge on any atom is 0.340 e. The van der Waals surface area contributed by atoms with Gasteiger partial charge >= 0.3 is 5.97 Å². The van der Waals surface area contributed by atoms with Crippen LogP contribution in [0.25, 0.3) is 11.1 Å². The molecule has 4 nitrogen and oxygen atoms in total. The minimum absolute atomic E-state index is 0.426. The molecule has 2 rings (SSSR count). The van der Waals surface area contributed by atoms with Gasteiger partial charge in [0.15, 0.2) is 0 Å². The van der Waals surface area contributed by atoms with Crippen LogP contribution in [0.2, 0.25) is 0 Å². The smallest absolute Gasteiger partial charge is 0.340 e. The maximum absolute atomic E-state index is 11.4. The first-order valence-electron chi connectivity index (χ1n) is 5.57. The van der Waals surface area contributed by atoms with Gasteiger partial charge in [0, 0.05) is 18.0 Å². The predicted octanol–water partition coefficient (Wildman–Crippen LogP) is 2.03. The van der Waals surface area contributed by atoms with Gasteiger partial charge in [0.05, 0.1) is 0 Å². The molecule has 92 valence electrons. The van der Waals surface area contributed by atoms with E-state index in [2.05, 4.69) is 4.98 Å². The summed E-state index contributed by atoms with van der Waals surface area (Å²) in [4.78, 5) is 15.4. The van der Waals surface area contributed by atoms with Gasteiger partial charge in [-0.1, -0.05) is 18.2 Å². The Hall–Kier alpha value is -2.20. The van der Waals surface area contributed by atoms with Gasteiger partial charge in [-0.2, -0.15) is 0 Å². The molecule has 0 saturated carbocycles. The molecular weight excluding hydrogens is 230 g/mol. The molecule has 0 fully saturated rings. The number of esters is 1. The first-order valence-corrected chi connectivity index (χ1v) is 5.57. The van der Waals surface area contributed by atoms with E-state index < -0.39 is 12.1 Å². The lowest BCUT2D eigenvalue weighted by atomic mass is 10.1. The SMILES string of the molecule is CC(O)C(=O)Oc1ccccc1-c1ccncc1. The largest absolute Gasteiger partial charge is 0.424 e. The number of para-hydroxylation sites is 1. The molecule has 1 atom stereocenters. The highest BCUT2D eigenvalue weighted by Gasteiger charge is 2.14. The third-order valence-electron chi connectivity index (χ3n) is 2.43. The molecule has 0 aliphatic rings. The van der Waals surface area contributed by atoms with Gasteiger partial charge in [-0.25, -0.2) is 4.79 Å². The second-order valence-corrected chi connectivity index (χ2v) is 3.83. The van der Waals surface area contributed by atoms with E-state index in [-0.39, 0.29) is 0 Å². The molecule has 0 radical (unpaired) electrons. The summed E-state index contributed by atoms with van der Waals surface area (Å²) in [5.74, 6) is -0.244. The molecule has 0 amide bonds. The van der Waals surface area contributed by atoms with Gasteiger partial charge in [0.2, 0.25) is 0 Å². The number of nitrogens with zero attached hydrogens (tertiary/aromatic N) is 1. The van der Waals surface area contributed by atoms with Crippen molar-refractivity contribution in [2.45, 2.75) is 13.0 Å². The zero-order valence-corrected chi connectivity index (χ0v) is 9.91. The summed E-state index contributed by atoms with van der Waals surface area (Å²) in [7, 11) is 0. The number of aliphatic hydroxyl groups is 1. The number of benzene rings is 1. The Morgan fingerprint density at radius 1 is 1.22 bits per heavy atom. The normalized spacial score (nSPS) is 11.9. The summed E-state index contributed by atoms with van der Waals surface area (Å²) in [5.41, 5.74) is 1.69. The number of carbonyl (C=O) groups is 1.